The third-order valence-corrected chi connectivity index (χ3v) is 7.35. The van der Waals surface area contributed by atoms with Crippen LogP contribution in [0.15, 0.2) is 72.8 Å². The quantitative estimate of drug-likeness (QED) is 0.0707. The lowest BCUT2D eigenvalue weighted by molar-refractivity contribution is -0.386. The molecule has 0 aliphatic rings. The zero-order chi connectivity index (χ0) is 33.9. The van der Waals surface area contributed by atoms with Crippen molar-refractivity contribution in [2.24, 2.45) is 0 Å². The standard InChI is InChI=1S/C31H24N2O13/c34-25-13-19(11-23(28(25)37)32(43)44)21(9-15-1-5-17(6-2-15)30(39)40)27(36)22(10-16-3-7-18(8-4-16)31(41)42)20-12-24(33(45)46)29(38)26(35)14-20/h1-8,11-14,21-22,34-35,37-38H,9-10H2,(H,39,40)(H,41,42). The van der Waals surface area contributed by atoms with Crippen molar-refractivity contribution in [1.82, 2.24) is 0 Å². The Bertz CT molecular complexity index is 1730. The lowest BCUT2D eigenvalue weighted by Gasteiger charge is -2.24. The van der Waals surface area contributed by atoms with Crippen molar-refractivity contribution >= 4 is 29.1 Å². The summed E-state index contributed by atoms with van der Waals surface area (Å²) in [4.78, 5) is 58.6. The molecule has 2 unspecified atom stereocenters. The number of carboxylic acid groups (broad SMARTS) is 2. The first-order chi connectivity index (χ1) is 21.7. The smallest absolute Gasteiger partial charge is 0.335 e. The summed E-state index contributed by atoms with van der Waals surface area (Å²) in [5.74, 6) is -9.88. The Balaban J connectivity index is 1.92. The first-order valence-electron chi connectivity index (χ1n) is 13.3. The Morgan fingerprint density at radius 3 is 1.20 bits per heavy atom. The van der Waals surface area contributed by atoms with Gasteiger partial charge in [-0.15, -0.1) is 0 Å². The maximum atomic E-state index is 14.5. The molecule has 0 amide bonds. The van der Waals surface area contributed by atoms with Gasteiger partial charge in [0.15, 0.2) is 11.5 Å². The van der Waals surface area contributed by atoms with Gasteiger partial charge in [-0.05, 0) is 71.5 Å². The van der Waals surface area contributed by atoms with E-state index >= 15 is 0 Å². The lowest BCUT2D eigenvalue weighted by atomic mass is 9.77. The van der Waals surface area contributed by atoms with E-state index < -0.39 is 73.8 Å². The van der Waals surface area contributed by atoms with Crippen LogP contribution in [0.25, 0.3) is 0 Å². The highest BCUT2D eigenvalue weighted by atomic mass is 16.6. The van der Waals surface area contributed by atoms with Crippen molar-refractivity contribution in [3.63, 3.8) is 0 Å². The van der Waals surface area contributed by atoms with Gasteiger partial charge in [0.2, 0.25) is 11.5 Å². The molecule has 0 saturated heterocycles. The number of nitro benzene ring substituents is 2. The van der Waals surface area contributed by atoms with Crippen LogP contribution in [0.1, 0.15) is 54.8 Å². The van der Waals surface area contributed by atoms with Crippen molar-refractivity contribution < 1.29 is 54.9 Å². The topological polar surface area (TPSA) is 259 Å². The summed E-state index contributed by atoms with van der Waals surface area (Å²) >= 11 is 0. The minimum absolute atomic E-state index is 0.0703. The Hall–Kier alpha value is -6.51. The SMILES string of the molecule is O=C(O)c1ccc(CC(C(=O)C(Cc2ccc(C(=O)O)cc2)c2cc(O)c(O)c([N+](=O)[O-])c2)c2cc(O)c(O)c([N+](=O)[O-])c2)cc1. The molecular weight excluding hydrogens is 608 g/mol. The number of hydrogen-bond donors (Lipinski definition) is 6. The van der Waals surface area contributed by atoms with E-state index in [0.29, 0.717) is 11.1 Å². The van der Waals surface area contributed by atoms with Crippen LogP contribution in [-0.4, -0.2) is 58.2 Å². The molecule has 15 nitrogen and oxygen atoms in total. The number of nitro groups is 2. The predicted molar refractivity (Wildman–Crippen MR) is 158 cm³/mol. The molecule has 0 aliphatic carbocycles. The van der Waals surface area contributed by atoms with Crippen molar-refractivity contribution in [3.05, 3.63) is 126 Å². The summed E-state index contributed by atoms with van der Waals surface area (Å²) in [6, 6.07) is 14.3. The molecule has 4 aromatic carbocycles. The van der Waals surface area contributed by atoms with Crippen molar-refractivity contribution in [2.45, 2.75) is 24.7 Å². The van der Waals surface area contributed by atoms with E-state index in [-0.39, 0.29) is 35.1 Å². The minimum Gasteiger partial charge on any atom is -0.504 e. The maximum absolute atomic E-state index is 14.5. The second-order valence-corrected chi connectivity index (χ2v) is 10.2. The van der Waals surface area contributed by atoms with Crippen LogP contribution in [0, 0.1) is 20.2 Å². The van der Waals surface area contributed by atoms with Crippen molar-refractivity contribution in [3.8, 4) is 23.0 Å². The molecule has 0 spiro atoms. The monoisotopic (exact) mass is 632 g/mol. The molecule has 15 heteroatoms. The molecule has 6 N–H and O–H groups in total. The molecule has 0 heterocycles. The summed E-state index contributed by atoms with van der Waals surface area (Å²) in [5, 5.41) is 82.7. The number of Topliss-reactive ketones (excluding diaryl/α,β-unsaturated/α-hetero) is 1. The summed E-state index contributed by atoms with van der Waals surface area (Å²) < 4.78 is 0. The number of phenols is 4. The zero-order valence-corrected chi connectivity index (χ0v) is 23.4. The average molecular weight is 633 g/mol. The molecule has 0 bridgehead atoms. The van der Waals surface area contributed by atoms with Crippen LogP contribution in [0.4, 0.5) is 11.4 Å². The van der Waals surface area contributed by atoms with Gasteiger partial charge in [-0.2, -0.15) is 0 Å². The van der Waals surface area contributed by atoms with Crippen LogP contribution in [0.5, 0.6) is 23.0 Å². The number of hydrogen-bond acceptors (Lipinski definition) is 11. The van der Waals surface area contributed by atoms with Crippen LogP contribution in [0.2, 0.25) is 0 Å². The van der Waals surface area contributed by atoms with Gasteiger partial charge in [0.05, 0.1) is 21.0 Å². The van der Waals surface area contributed by atoms with E-state index in [2.05, 4.69) is 0 Å². The zero-order valence-electron chi connectivity index (χ0n) is 23.4. The highest BCUT2D eigenvalue weighted by molar-refractivity contribution is 5.93. The van der Waals surface area contributed by atoms with Crippen LogP contribution >= 0.6 is 0 Å². The third kappa shape index (κ3) is 6.83. The number of carbonyl (C=O) groups excluding carboxylic acids is 1. The number of nitrogens with zero attached hydrogens (tertiary/aromatic N) is 2. The Kier molecular flexibility index (Phi) is 9.16. The van der Waals surface area contributed by atoms with E-state index in [1.165, 1.54) is 48.5 Å². The van der Waals surface area contributed by atoms with Crippen molar-refractivity contribution in [2.75, 3.05) is 0 Å². The van der Waals surface area contributed by atoms with Crippen LogP contribution in [-0.2, 0) is 17.6 Å². The van der Waals surface area contributed by atoms with E-state index in [1.807, 2.05) is 0 Å². The van der Waals surface area contributed by atoms with Gasteiger partial charge in [0.1, 0.15) is 5.78 Å². The number of ketones is 1. The molecule has 2 atom stereocenters. The molecule has 0 radical (unpaired) electrons. The van der Waals surface area contributed by atoms with Crippen LogP contribution < -0.4 is 0 Å². The fourth-order valence-corrected chi connectivity index (χ4v) is 4.98. The van der Waals surface area contributed by atoms with E-state index in [9.17, 15) is 65.3 Å². The summed E-state index contributed by atoms with van der Waals surface area (Å²) in [7, 11) is 0. The fourth-order valence-electron chi connectivity index (χ4n) is 4.98. The van der Waals surface area contributed by atoms with Gasteiger partial charge in [0, 0.05) is 24.0 Å². The number of carboxylic acids is 2. The summed E-state index contributed by atoms with van der Waals surface area (Å²) in [5.41, 5.74) is -1.51. The number of benzene rings is 4. The number of aromatic hydroxyl groups is 4. The molecule has 0 saturated carbocycles. The van der Waals surface area contributed by atoms with E-state index in [0.717, 1.165) is 24.3 Å². The first kappa shape index (κ1) is 32.4. The lowest BCUT2D eigenvalue weighted by Crippen LogP contribution is -2.25. The molecule has 0 aliphatic heterocycles. The van der Waals surface area contributed by atoms with Gasteiger partial charge < -0.3 is 30.6 Å². The van der Waals surface area contributed by atoms with Gasteiger partial charge in [-0.1, -0.05) is 24.3 Å². The molecule has 4 aromatic rings. The van der Waals surface area contributed by atoms with Gasteiger partial charge in [-0.3, -0.25) is 25.0 Å². The molecule has 0 fully saturated rings. The molecular formula is C31H24N2O13. The highest BCUT2D eigenvalue weighted by Gasteiger charge is 2.34. The number of aromatic carboxylic acids is 2. The van der Waals surface area contributed by atoms with Crippen LogP contribution in [0.3, 0.4) is 0 Å². The first-order valence-corrected chi connectivity index (χ1v) is 13.3. The summed E-state index contributed by atoms with van der Waals surface area (Å²) in [6.45, 7) is 0. The predicted octanol–water partition coefficient (Wildman–Crippen LogP) is 4.64. The minimum atomic E-state index is -1.38. The number of rotatable bonds is 12. The Labute approximate surface area is 258 Å². The Morgan fingerprint density at radius 1 is 0.587 bits per heavy atom. The number of carbonyl (C=O) groups is 3. The highest BCUT2D eigenvalue weighted by Crippen LogP contribution is 2.43. The maximum Gasteiger partial charge on any atom is 0.335 e. The molecule has 0 aromatic heterocycles. The third-order valence-electron chi connectivity index (χ3n) is 7.35. The molecule has 46 heavy (non-hydrogen) atoms. The second kappa shape index (κ2) is 13.0. The van der Waals surface area contributed by atoms with Gasteiger partial charge in [0.25, 0.3) is 0 Å². The fraction of sp³-hybridized carbons (Fsp3) is 0.129. The molecule has 236 valence electrons. The Morgan fingerprint density at radius 2 is 0.913 bits per heavy atom. The normalized spacial score (nSPS) is 12.2. The van der Waals surface area contributed by atoms with Gasteiger partial charge >= 0.3 is 23.3 Å². The average Bonchev–Trinajstić information content (AvgIpc) is 3.01. The number of phenolic OH excluding ortho intramolecular Hbond substituents is 4. The second-order valence-electron chi connectivity index (χ2n) is 10.2. The van der Waals surface area contributed by atoms with Crippen molar-refractivity contribution in [1.29, 1.82) is 0 Å². The van der Waals surface area contributed by atoms with E-state index in [4.69, 9.17) is 0 Å². The summed E-state index contributed by atoms with van der Waals surface area (Å²) in [6.07, 6.45) is -0.471. The largest absolute Gasteiger partial charge is 0.504 e. The molecule has 4 rings (SSSR count). The van der Waals surface area contributed by atoms with E-state index in [1.54, 1.807) is 0 Å². The van der Waals surface area contributed by atoms with Gasteiger partial charge in [-0.25, -0.2) is 9.59 Å².